The summed E-state index contributed by atoms with van der Waals surface area (Å²) in [6, 6.07) is 0. The van der Waals surface area contributed by atoms with Crippen molar-refractivity contribution in [2.75, 3.05) is 26.3 Å². The van der Waals surface area contributed by atoms with Gasteiger partial charge in [0, 0.05) is 13.1 Å². The van der Waals surface area contributed by atoms with Crippen molar-refractivity contribution in [3.8, 4) is 0 Å². The van der Waals surface area contributed by atoms with Crippen molar-refractivity contribution in [3.05, 3.63) is 23.3 Å². The van der Waals surface area contributed by atoms with Gasteiger partial charge >= 0.3 is 0 Å². The Hall–Kier alpha value is -1.09. The first-order chi connectivity index (χ1) is 12.9. The van der Waals surface area contributed by atoms with E-state index in [1.165, 1.54) is 25.7 Å². The van der Waals surface area contributed by atoms with Gasteiger partial charge in [-0.1, -0.05) is 51.8 Å². The lowest BCUT2D eigenvalue weighted by atomic mass is 9.46. The van der Waals surface area contributed by atoms with Crippen LogP contribution in [0, 0.1) is 28.6 Å². The highest BCUT2D eigenvalue weighted by molar-refractivity contribution is 5.83. The Labute approximate surface area is 165 Å². The molecule has 3 heteroatoms. The number of rotatable bonds is 2. The van der Waals surface area contributed by atoms with E-state index in [1.807, 2.05) is 0 Å². The van der Waals surface area contributed by atoms with Crippen molar-refractivity contribution in [2.45, 2.75) is 66.2 Å². The van der Waals surface area contributed by atoms with Crippen LogP contribution >= 0.6 is 0 Å². The first-order valence-electron chi connectivity index (χ1n) is 11.1. The highest BCUT2D eigenvalue weighted by Gasteiger charge is 2.57. The third-order valence-corrected chi connectivity index (χ3v) is 8.37. The van der Waals surface area contributed by atoms with Crippen molar-refractivity contribution in [1.82, 2.24) is 4.90 Å². The van der Waals surface area contributed by atoms with E-state index in [0.717, 1.165) is 25.9 Å². The van der Waals surface area contributed by atoms with Gasteiger partial charge in [-0.25, -0.2) is 0 Å². The average molecular weight is 372 g/mol. The van der Waals surface area contributed by atoms with Crippen LogP contribution in [0.4, 0.5) is 0 Å². The SMILES string of the molecule is CC(C)C1=CC2=CC[C@@H]3[C@](C)(CCC[C@@]3(C)C(=O)N3CCOCC3)[C@H]2CC1. The maximum atomic E-state index is 13.6. The highest BCUT2D eigenvalue weighted by Crippen LogP contribution is 2.62. The van der Waals surface area contributed by atoms with Crippen molar-refractivity contribution in [3.63, 3.8) is 0 Å². The summed E-state index contributed by atoms with van der Waals surface area (Å²) in [6.45, 7) is 12.3. The molecule has 0 bridgehead atoms. The normalized spacial score (nSPS) is 39.4. The van der Waals surface area contributed by atoms with E-state index < -0.39 is 0 Å². The molecule has 150 valence electrons. The molecule has 4 aliphatic rings. The zero-order chi connectivity index (χ0) is 19.2. The van der Waals surface area contributed by atoms with Crippen LogP contribution in [0.5, 0.6) is 0 Å². The third-order valence-electron chi connectivity index (χ3n) is 8.37. The summed E-state index contributed by atoms with van der Waals surface area (Å²) >= 11 is 0. The predicted octanol–water partition coefficient (Wildman–Crippen LogP) is 4.98. The molecule has 3 aliphatic carbocycles. The fourth-order valence-corrected chi connectivity index (χ4v) is 6.73. The molecule has 1 saturated carbocycles. The fraction of sp³-hybridized carbons (Fsp3) is 0.792. The molecule has 0 spiro atoms. The molecule has 0 aromatic rings. The van der Waals surface area contributed by atoms with Crippen molar-refractivity contribution < 1.29 is 9.53 Å². The van der Waals surface area contributed by atoms with Crippen LogP contribution in [-0.4, -0.2) is 37.1 Å². The molecule has 0 aromatic heterocycles. The van der Waals surface area contributed by atoms with Gasteiger partial charge in [0.05, 0.1) is 18.6 Å². The summed E-state index contributed by atoms with van der Waals surface area (Å²) in [6.07, 6.45) is 12.1. The lowest BCUT2D eigenvalue weighted by Crippen LogP contribution is -2.57. The number of allylic oxidation sites excluding steroid dienone is 4. The van der Waals surface area contributed by atoms with E-state index in [2.05, 4.69) is 44.7 Å². The molecule has 3 nitrogen and oxygen atoms in total. The zero-order valence-electron chi connectivity index (χ0n) is 17.7. The van der Waals surface area contributed by atoms with E-state index in [0.29, 0.717) is 36.9 Å². The van der Waals surface area contributed by atoms with Crippen LogP contribution in [-0.2, 0) is 9.53 Å². The van der Waals surface area contributed by atoms with Crippen LogP contribution in [0.2, 0.25) is 0 Å². The fourth-order valence-electron chi connectivity index (χ4n) is 6.73. The number of amides is 1. The smallest absolute Gasteiger partial charge is 0.228 e. The molecule has 1 heterocycles. The molecule has 1 saturated heterocycles. The third kappa shape index (κ3) is 3.10. The standard InChI is InChI=1S/C24H37NO2/c1-17(2)18-6-8-20-19(16-18)7-9-21-23(20,3)10-5-11-24(21,4)22(26)25-12-14-27-15-13-25/h7,16-17,20-21H,5-6,8-15H2,1-4H3/t20-,21+,23+,24+/m0/s1. The second-order valence-corrected chi connectivity index (χ2v) is 10.1. The van der Waals surface area contributed by atoms with Gasteiger partial charge in [-0.05, 0) is 60.8 Å². The second-order valence-electron chi connectivity index (χ2n) is 10.1. The number of hydrogen-bond donors (Lipinski definition) is 0. The zero-order valence-corrected chi connectivity index (χ0v) is 17.7. The van der Waals surface area contributed by atoms with Crippen LogP contribution < -0.4 is 0 Å². The Morgan fingerprint density at radius 2 is 1.96 bits per heavy atom. The molecular weight excluding hydrogens is 334 g/mol. The number of ether oxygens (including phenoxy) is 1. The quantitative estimate of drug-likeness (QED) is 0.685. The molecule has 4 atom stereocenters. The second kappa shape index (κ2) is 7.06. The lowest BCUT2D eigenvalue weighted by molar-refractivity contribution is -0.159. The molecule has 1 amide bonds. The van der Waals surface area contributed by atoms with E-state index in [4.69, 9.17) is 4.74 Å². The monoisotopic (exact) mass is 371 g/mol. The Morgan fingerprint density at radius 3 is 2.67 bits per heavy atom. The van der Waals surface area contributed by atoms with Gasteiger partial charge in [0.1, 0.15) is 0 Å². The van der Waals surface area contributed by atoms with E-state index in [-0.39, 0.29) is 10.8 Å². The number of morpholine rings is 1. The van der Waals surface area contributed by atoms with Crippen LogP contribution in [0.3, 0.4) is 0 Å². The Kier molecular flexibility index (Phi) is 5.03. The predicted molar refractivity (Wildman–Crippen MR) is 109 cm³/mol. The number of hydrogen-bond acceptors (Lipinski definition) is 2. The summed E-state index contributed by atoms with van der Waals surface area (Å²) < 4.78 is 5.49. The summed E-state index contributed by atoms with van der Waals surface area (Å²) in [5.74, 6) is 2.15. The van der Waals surface area contributed by atoms with Gasteiger partial charge < -0.3 is 9.64 Å². The minimum Gasteiger partial charge on any atom is -0.378 e. The highest BCUT2D eigenvalue weighted by atomic mass is 16.5. The van der Waals surface area contributed by atoms with E-state index in [9.17, 15) is 4.79 Å². The van der Waals surface area contributed by atoms with E-state index in [1.54, 1.807) is 11.1 Å². The minimum atomic E-state index is -0.214. The van der Waals surface area contributed by atoms with Gasteiger partial charge in [0.15, 0.2) is 0 Å². The Morgan fingerprint density at radius 1 is 1.22 bits per heavy atom. The topological polar surface area (TPSA) is 29.5 Å². The van der Waals surface area contributed by atoms with Crippen molar-refractivity contribution in [2.24, 2.45) is 28.6 Å². The first kappa shape index (κ1) is 19.2. The van der Waals surface area contributed by atoms with Gasteiger partial charge in [-0.3, -0.25) is 4.79 Å². The Bertz CT molecular complexity index is 657. The molecule has 27 heavy (non-hydrogen) atoms. The van der Waals surface area contributed by atoms with Crippen molar-refractivity contribution >= 4 is 5.91 Å². The molecule has 0 aromatic carbocycles. The van der Waals surface area contributed by atoms with Gasteiger partial charge in [-0.15, -0.1) is 0 Å². The minimum absolute atomic E-state index is 0.214. The van der Waals surface area contributed by atoms with Gasteiger partial charge in [-0.2, -0.15) is 0 Å². The van der Waals surface area contributed by atoms with Gasteiger partial charge in [0.2, 0.25) is 5.91 Å². The molecule has 2 fully saturated rings. The maximum absolute atomic E-state index is 13.6. The molecule has 4 rings (SSSR count). The number of carbonyl (C=O) groups excluding carboxylic acids is 1. The number of carbonyl (C=O) groups is 1. The molecule has 0 unspecified atom stereocenters. The number of nitrogens with zero attached hydrogens (tertiary/aromatic N) is 1. The molecular formula is C24H37NO2. The van der Waals surface area contributed by atoms with E-state index >= 15 is 0 Å². The lowest BCUT2D eigenvalue weighted by Gasteiger charge is -2.58. The van der Waals surface area contributed by atoms with Gasteiger partial charge in [0.25, 0.3) is 0 Å². The summed E-state index contributed by atoms with van der Waals surface area (Å²) in [5, 5.41) is 0. The maximum Gasteiger partial charge on any atom is 0.228 e. The van der Waals surface area contributed by atoms with Crippen LogP contribution in [0.1, 0.15) is 66.2 Å². The molecule has 0 radical (unpaired) electrons. The molecule has 0 N–H and O–H groups in total. The summed E-state index contributed by atoms with van der Waals surface area (Å²) in [7, 11) is 0. The Balaban J connectivity index is 1.65. The molecule has 1 aliphatic heterocycles. The number of fused-ring (bicyclic) bond motifs is 3. The van der Waals surface area contributed by atoms with Crippen molar-refractivity contribution in [1.29, 1.82) is 0 Å². The first-order valence-corrected chi connectivity index (χ1v) is 11.1. The summed E-state index contributed by atoms with van der Waals surface area (Å²) in [5.41, 5.74) is 3.24. The summed E-state index contributed by atoms with van der Waals surface area (Å²) in [4.78, 5) is 15.7. The van der Waals surface area contributed by atoms with Crippen LogP contribution in [0.25, 0.3) is 0 Å². The van der Waals surface area contributed by atoms with Crippen LogP contribution in [0.15, 0.2) is 23.3 Å². The largest absolute Gasteiger partial charge is 0.378 e. The average Bonchev–Trinajstić information content (AvgIpc) is 2.67.